The number of nitriles is 1. The van der Waals surface area contributed by atoms with Crippen molar-refractivity contribution in [3.63, 3.8) is 0 Å². The van der Waals surface area contributed by atoms with Crippen molar-refractivity contribution in [1.29, 1.82) is 5.26 Å². The lowest BCUT2D eigenvalue weighted by Crippen LogP contribution is -2.32. The van der Waals surface area contributed by atoms with Crippen LogP contribution in [0.3, 0.4) is 0 Å². The van der Waals surface area contributed by atoms with Crippen LogP contribution in [0.2, 0.25) is 0 Å². The second kappa shape index (κ2) is 10.9. The lowest BCUT2D eigenvalue weighted by atomic mass is 10.1. The molecule has 2 amide bonds. The third-order valence-electron chi connectivity index (χ3n) is 4.33. The van der Waals surface area contributed by atoms with Crippen LogP contribution in [-0.4, -0.2) is 29.8 Å². The van der Waals surface area contributed by atoms with Crippen LogP contribution in [0.15, 0.2) is 42.5 Å². The van der Waals surface area contributed by atoms with E-state index in [4.69, 9.17) is 5.26 Å². The Hall–Kier alpha value is -3.27. The van der Waals surface area contributed by atoms with Crippen LogP contribution in [-0.2, 0) is 11.3 Å². The van der Waals surface area contributed by atoms with Gasteiger partial charge in [0.1, 0.15) is 11.6 Å². The number of benzene rings is 2. The first-order valence-corrected chi connectivity index (χ1v) is 9.44. The number of nitrogens with one attached hydrogen (secondary N) is 1. The summed E-state index contributed by atoms with van der Waals surface area (Å²) in [5, 5.41) is 11.4. The molecule has 0 fully saturated rings. The molecule has 0 atom stereocenters. The van der Waals surface area contributed by atoms with E-state index >= 15 is 0 Å². The summed E-state index contributed by atoms with van der Waals surface area (Å²) < 4.78 is 26.5. The largest absolute Gasteiger partial charge is 0.352 e. The molecular formula is C22H23F2N3O2. The van der Waals surface area contributed by atoms with Gasteiger partial charge in [-0.05, 0) is 42.7 Å². The van der Waals surface area contributed by atoms with Gasteiger partial charge < -0.3 is 10.2 Å². The molecule has 0 saturated heterocycles. The van der Waals surface area contributed by atoms with E-state index in [0.717, 1.165) is 24.1 Å². The zero-order valence-electron chi connectivity index (χ0n) is 16.3. The van der Waals surface area contributed by atoms with Gasteiger partial charge in [0.05, 0.1) is 17.2 Å². The molecule has 0 aromatic heterocycles. The maximum atomic E-state index is 13.6. The van der Waals surface area contributed by atoms with Gasteiger partial charge in [-0.1, -0.05) is 19.1 Å². The van der Waals surface area contributed by atoms with Crippen molar-refractivity contribution in [3.05, 3.63) is 70.8 Å². The van der Waals surface area contributed by atoms with E-state index in [0.29, 0.717) is 31.1 Å². The first-order valence-electron chi connectivity index (χ1n) is 9.44. The van der Waals surface area contributed by atoms with E-state index in [1.165, 1.54) is 0 Å². The number of hydrogen-bond acceptors (Lipinski definition) is 3. The Labute approximate surface area is 168 Å². The van der Waals surface area contributed by atoms with Crippen LogP contribution in [0, 0.1) is 23.0 Å². The zero-order valence-corrected chi connectivity index (χ0v) is 16.3. The average molecular weight is 399 g/mol. The van der Waals surface area contributed by atoms with E-state index in [1.54, 1.807) is 17.0 Å². The molecule has 2 aromatic carbocycles. The van der Waals surface area contributed by atoms with Crippen molar-refractivity contribution in [2.24, 2.45) is 0 Å². The fraction of sp³-hybridized carbons (Fsp3) is 0.318. The lowest BCUT2D eigenvalue weighted by molar-refractivity contribution is -0.132. The molecule has 0 unspecified atom stereocenters. The van der Waals surface area contributed by atoms with Gasteiger partial charge in [0, 0.05) is 32.1 Å². The Bertz CT molecular complexity index is 892. The molecule has 5 nitrogen and oxygen atoms in total. The molecule has 0 heterocycles. The summed E-state index contributed by atoms with van der Waals surface area (Å²) in [6.07, 6.45) is 1.45. The molecule has 0 radical (unpaired) electrons. The summed E-state index contributed by atoms with van der Waals surface area (Å²) >= 11 is 0. The van der Waals surface area contributed by atoms with Gasteiger partial charge in [-0.15, -0.1) is 0 Å². The number of amides is 2. The Morgan fingerprint density at radius 3 is 2.48 bits per heavy atom. The molecule has 0 saturated carbocycles. The van der Waals surface area contributed by atoms with Crippen molar-refractivity contribution < 1.29 is 18.4 Å². The van der Waals surface area contributed by atoms with Crippen LogP contribution < -0.4 is 5.32 Å². The molecular weight excluding hydrogens is 376 g/mol. The van der Waals surface area contributed by atoms with Crippen LogP contribution >= 0.6 is 0 Å². The fourth-order valence-electron chi connectivity index (χ4n) is 2.84. The van der Waals surface area contributed by atoms with Gasteiger partial charge in [0.25, 0.3) is 5.91 Å². The predicted octanol–water partition coefficient (Wildman–Crippen LogP) is 3.79. The highest BCUT2D eigenvalue weighted by atomic mass is 19.1. The maximum Gasteiger partial charge on any atom is 0.254 e. The molecule has 7 heteroatoms. The van der Waals surface area contributed by atoms with Gasteiger partial charge >= 0.3 is 0 Å². The minimum Gasteiger partial charge on any atom is -0.352 e. The predicted molar refractivity (Wildman–Crippen MR) is 105 cm³/mol. The Morgan fingerprint density at radius 1 is 1.14 bits per heavy atom. The van der Waals surface area contributed by atoms with E-state index in [1.807, 2.05) is 19.1 Å². The number of carbonyl (C=O) groups is 2. The molecule has 0 aliphatic rings. The van der Waals surface area contributed by atoms with Crippen molar-refractivity contribution in [3.8, 4) is 6.07 Å². The standard InChI is InChI=1S/C22H23F2N3O2/c1-2-12-27(15-17-7-5-16(14-25)6-8-17)21(28)4-3-11-26-22(29)19-10-9-18(23)13-20(19)24/h5-10,13H,2-4,11-12,15H2,1H3,(H,26,29). The van der Waals surface area contributed by atoms with Gasteiger partial charge in [0.2, 0.25) is 5.91 Å². The average Bonchev–Trinajstić information content (AvgIpc) is 2.71. The fourth-order valence-corrected chi connectivity index (χ4v) is 2.84. The van der Waals surface area contributed by atoms with Gasteiger partial charge in [-0.25, -0.2) is 8.78 Å². The highest BCUT2D eigenvalue weighted by Crippen LogP contribution is 2.11. The summed E-state index contributed by atoms with van der Waals surface area (Å²) in [6.45, 7) is 3.24. The van der Waals surface area contributed by atoms with Crippen molar-refractivity contribution in [1.82, 2.24) is 10.2 Å². The second-order valence-electron chi connectivity index (χ2n) is 6.61. The first kappa shape index (κ1) is 22.0. The van der Waals surface area contributed by atoms with E-state index in [9.17, 15) is 18.4 Å². The van der Waals surface area contributed by atoms with Crippen LogP contribution in [0.4, 0.5) is 8.78 Å². The second-order valence-corrected chi connectivity index (χ2v) is 6.61. The monoisotopic (exact) mass is 399 g/mol. The smallest absolute Gasteiger partial charge is 0.254 e. The number of hydrogen-bond donors (Lipinski definition) is 1. The minimum absolute atomic E-state index is 0.0431. The number of carbonyl (C=O) groups excluding carboxylic acids is 2. The maximum absolute atomic E-state index is 13.6. The highest BCUT2D eigenvalue weighted by molar-refractivity contribution is 5.94. The summed E-state index contributed by atoms with van der Waals surface area (Å²) in [5.41, 5.74) is 1.27. The molecule has 0 aliphatic carbocycles. The summed E-state index contributed by atoms with van der Waals surface area (Å²) in [6, 6.07) is 11.9. The number of rotatable bonds is 9. The number of halogens is 2. The highest BCUT2D eigenvalue weighted by Gasteiger charge is 2.15. The van der Waals surface area contributed by atoms with Crippen molar-refractivity contribution in [2.45, 2.75) is 32.7 Å². The molecule has 1 N–H and O–H groups in total. The zero-order chi connectivity index (χ0) is 21.2. The Morgan fingerprint density at radius 2 is 1.86 bits per heavy atom. The van der Waals surface area contributed by atoms with Crippen molar-refractivity contribution in [2.75, 3.05) is 13.1 Å². The van der Waals surface area contributed by atoms with Gasteiger partial charge in [0.15, 0.2) is 0 Å². The topological polar surface area (TPSA) is 73.2 Å². The van der Waals surface area contributed by atoms with Crippen molar-refractivity contribution >= 4 is 11.8 Å². The third-order valence-corrected chi connectivity index (χ3v) is 4.33. The minimum atomic E-state index is -0.921. The van der Waals surface area contributed by atoms with E-state index < -0.39 is 17.5 Å². The van der Waals surface area contributed by atoms with Gasteiger partial charge in [-0.3, -0.25) is 9.59 Å². The molecule has 2 rings (SSSR count). The lowest BCUT2D eigenvalue weighted by Gasteiger charge is -2.22. The van der Waals surface area contributed by atoms with Crippen LogP contribution in [0.1, 0.15) is 47.7 Å². The Kier molecular flexibility index (Phi) is 8.28. The molecule has 0 spiro atoms. The quantitative estimate of drug-likeness (QED) is 0.652. The number of nitrogens with zero attached hydrogens (tertiary/aromatic N) is 2. The summed E-state index contributed by atoms with van der Waals surface area (Å²) in [5.74, 6) is -2.35. The summed E-state index contributed by atoms with van der Waals surface area (Å²) in [7, 11) is 0. The van der Waals surface area contributed by atoms with E-state index in [-0.39, 0.29) is 24.4 Å². The molecule has 152 valence electrons. The van der Waals surface area contributed by atoms with Crippen LogP contribution in [0.25, 0.3) is 0 Å². The summed E-state index contributed by atoms with van der Waals surface area (Å²) in [4.78, 5) is 26.2. The molecule has 2 aromatic rings. The first-order chi connectivity index (χ1) is 13.9. The van der Waals surface area contributed by atoms with E-state index in [2.05, 4.69) is 11.4 Å². The normalized spacial score (nSPS) is 10.3. The third kappa shape index (κ3) is 6.68. The molecule has 29 heavy (non-hydrogen) atoms. The van der Waals surface area contributed by atoms with Gasteiger partial charge in [-0.2, -0.15) is 5.26 Å². The molecule has 0 aliphatic heterocycles. The SMILES string of the molecule is CCCN(Cc1ccc(C#N)cc1)C(=O)CCCNC(=O)c1ccc(F)cc1F. The van der Waals surface area contributed by atoms with Crippen LogP contribution in [0.5, 0.6) is 0 Å². The Balaban J connectivity index is 1.83. The molecule has 0 bridgehead atoms.